The molecule has 0 heterocycles. The lowest BCUT2D eigenvalue weighted by molar-refractivity contribution is 0.587. The Hall–Kier alpha value is -0.670. The predicted octanol–water partition coefficient (Wildman–Crippen LogP) is 4.39. The third-order valence-electron chi connectivity index (χ3n) is 3.76. The molecule has 0 saturated carbocycles. The van der Waals surface area contributed by atoms with E-state index in [0.717, 1.165) is 12.8 Å². The van der Waals surface area contributed by atoms with Crippen LogP contribution in [-0.4, -0.2) is 8.96 Å². The van der Waals surface area contributed by atoms with Gasteiger partial charge in [0.25, 0.3) is 0 Å². The minimum absolute atomic E-state index is 0.106. The van der Waals surface area contributed by atoms with E-state index in [1.54, 1.807) is 0 Å². The fourth-order valence-corrected chi connectivity index (χ4v) is 2.97. The lowest BCUT2D eigenvalue weighted by atomic mass is 10.0. The molecule has 1 aromatic carbocycles. The summed E-state index contributed by atoms with van der Waals surface area (Å²) in [5, 5.41) is 0. The molecule has 0 spiro atoms. The van der Waals surface area contributed by atoms with Crippen molar-refractivity contribution in [2.45, 2.75) is 65.2 Å². The van der Waals surface area contributed by atoms with Gasteiger partial charge < -0.3 is 0 Å². The van der Waals surface area contributed by atoms with Crippen LogP contribution in [-0.2, 0) is 17.4 Å². The van der Waals surface area contributed by atoms with Crippen molar-refractivity contribution in [2.24, 2.45) is 5.92 Å². The summed E-state index contributed by atoms with van der Waals surface area (Å²) < 4.78 is 15.3. The molecule has 0 aliphatic heterocycles. The molecular formula is C17H29NOS. The van der Waals surface area contributed by atoms with Crippen LogP contribution in [0.4, 0.5) is 0 Å². The summed E-state index contributed by atoms with van der Waals surface area (Å²) in [6.07, 6.45) is 2.00. The second-order valence-corrected chi connectivity index (χ2v) is 8.44. The highest BCUT2D eigenvalue weighted by Gasteiger charge is 2.25. The molecular weight excluding hydrogens is 266 g/mol. The molecule has 1 aromatic rings. The topological polar surface area (TPSA) is 29.1 Å². The first kappa shape index (κ1) is 17.4. The van der Waals surface area contributed by atoms with E-state index in [4.69, 9.17) is 0 Å². The summed E-state index contributed by atoms with van der Waals surface area (Å²) >= 11 is 0. The van der Waals surface area contributed by atoms with Gasteiger partial charge in [-0.25, -0.2) is 8.93 Å². The molecule has 20 heavy (non-hydrogen) atoms. The van der Waals surface area contributed by atoms with E-state index in [9.17, 15) is 4.21 Å². The summed E-state index contributed by atoms with van der Waals surface area (Å²) in [6.45, 7) is 12.7. The van der Waals surface area contributed by atoms with Crippen LogP contribution in [0.2, 0.25) is 0 Å². The van der Waals surface area contributed by atoms with E-state index in [1.165, 1.54) is 11.1 Å². The third kappa shape index (κ3) is 5.02. The molecule has 0 aromatic heterocycles. The lowest BCUT2D eigenvalue weighted by Crippen LogP contribution is -2.36. The van der Waals surface area contributed by atoms with Crippen molar-refractivity contribution in [1.29, 1.82) is 0 Å². The molecule has 0 bridgehead atoms. The molecule has 1 N–H and O–H groups in total. The van der Waals surface area contributed by atoms with Gasteiger partial charge in [0.2, 0.25) is 0 Å². The molecule has 0 radical (unpaired) electrons. The number of hydrogen-bond donors (Lipinski definition) is 1. The summed E-state index contributed by atoms with van der Waals surface area (Å²) in [6, 6.07) is 8.76. The van der Waals surface area contributed by atoms with Crippen molar-refractivity contribution in [2.75, 3.05) is 0 Å². The van der Waals surface area contributed by atoms with E-state index in [2.05, 4.69) is 56.7 Å². The quantitative estimate of drug-likeness (QED) is 0.794. The SMILES string of the molecule is CCC(C)(C)S(=O)N[C@@H](C)c1ccc(CC(C)C)cc1. The van der Waals surface area contributed by atoms with Crippen LogP contribution < -0.4 is 4.72 Å². The summed E-state index contributed by atoms with van der Waals surface area (Å²) in [4.78, 5) is 0. The van der Waals surface area contributed by atoms with E-state index >= 15 is 0 Å². The Labute approximate surface area is 127 Å². The molecule has 0 saturated heterocycles. The first-order valence-electron chi connectivity index (χ1n) is 7.53. The Balaban J connectivity index is 2.68. The number of rotatable bonds is 7. The van der Waals surface area contributed by atoms with Gasteiger partial charge in [0.05, 0.1) is 15.7 Å². The molecule has 1 rings (SSSR count). The normalized spacial score (nSPS) is 15.3. The van der Waals surface area contributed by atoms with Crippen LogP contribution in [0, 0.1) is 5.92 Å². The van der Waals surface area contributed by atoms with Gasteiger partial charge in [0.1, 0.15) is 0 Å². The van der Waals surface area contributed by atoms with E-state index in [-0.39, 0.29) is 10.8 Å². The smallest absolute Gasteiger partial charge is 0.0978 e. The maximum Gasteiger partial charge on any atom is 0.0978 e. The van der Waals surface area contributed by atoms with Crippen molar-refractivity contribution in [3.63, 3.8) is 0 Å². The zero-order valence-electron chi connectivity index (χ0n) is 13.7. The average molecular weight is 295 g/mol. The van der Waals surface area contributed by atoms with Gasteiger partial charge in [0.15, 0.2) is 0 Å². The zero-order chi connectivity index (χ0) is 15.3. The Morgan fingerprint density at radius 3 is 2.15 bits per heavy atom. The van der Waals surface area contributed by atoms with E-state index in [1.807, 2.05) is 13.8 Å². The van der Waals surface area contributed by atoms with Crippen LogP contribution >= 0.6 is 0 Å². The van der Waals surface area contributed by atoms with Gasteiger partial charge in [-0.3, -0.25) is 0 Å². The molecule has 3 heteroatoms. The zero-order valence-corrected chi connectivity index (χ0v) is 14.5. The van der Waals surface area contributed by atoms with Gasteiger partial charge >= 0.3 is 0 Å². The Bertz CT molecular complexity index is 437. The predicted molar refractivity (Wildman–Crippen MR) is 89.0 cm³/mol. The van der Waals surface area contributed by atoms with Crippen molar-refractivity contribution in [3.05, 3.63) is 35.4 Å². The molecule has 0 aliphatic rings. The Kier molecular flexibility index (Phi) is 6.41. The van der Waals surface area contributed by atoms with E-state index < -0.39 is 11.0 Å². The molecule has 114 valence electrons. The average Bonchev–Trinajstić information content (AvgIpc) is 2.38. The second-order valence-electron chi connectivity index (χ2n) is 6.56. The fourth-order valence-electron chi connectivity index (χ4n) is 1.93. The number of hydrogen-bond acceptors (Lipinski definition) is 1. The minimum atomic E-state index is -1.03. The number of nitrogens with one attached hydrogen (secondary N) is 1. The first-order valence-corrected chi connectivity index (χ1v) is 8.68. The van der Waals surface area contributed by atoms with Crippen molar-refractivity contribution >= 4 is 11.0 Å². The Morgan fingerprint density at radius 1 is 1.15 bits per heavy atom. The molecule has 0 amide bonds. The van der Waals surface area contributed by atoms with Gasteiger partial charge in [-0.2, -0.15) is 0 Å². The lowest BCUT2D eigenvalue weighted by Gasteiger charge is -2.25. The van der Waals surface area contributed by atoms with Crippen LogP contribution in [0.3, 0.4) is 0 Å². The monoisotopic (exact) mass is 295 g/mol. The van der Waals surface area contributed by atoms with Crippen molar-refractivity contribution in [1.82, 2.24) is 4.72 Å². The van der Waals surface area contributed by atoms with Gasteiger partial charge in [-0.1, -0.05) is 45.0 Å². The van der Waals surface area contributed by atoms with Crippen molar-refractivity contribution < 1.29 is 4.21 Å². The summed E-state index contributed by atoms with van der Waals surface area (Å²) in [7, 11) is -1.03. The summed E-state index contributed by atoms with van der Waals surface area (Å²) in [5.41, 5.74) is 2.56. The largest absolute Gasteiger partial charge is 0.242 e. The molecule has 2 atom stereocenters. The van der Waals surface area contributed by atoms with Crippen LogP contribution in [0.15, 0.2) is 24.3 Å². The summed E-state index contributed by atoms with van der Waals surface area (Å²) in [5.74, 6) is 0.675. The van der Waals surface area contributed by atoms with Gasteiger partial charge in [0, 0.05) is 6.04 Å². The highest BCUT2D eigenvalue weighted by molar-refractivity contribution is 7.84. The second kappa shape index (κ2) is 7.37. The fraction of sp³-hybridized carbons (Fsp3) is 0.647. The molecule has 0 fully saturated rings. The van der Waals surface area contributed by atoms with Gasteiger partial charge in [-0.05, 0) is 50.7 Å². The standard InChI is InChI=1S/C17H29NOS/c1-7-17(5,6)20(19)18-14(4)16-10-8-15(9-11-16)12-13(2)3/h8-11,13-14,18H,7,12H2,1-6H3/t14-,20?/m0/s1. The number of benzene rings is 1. The Morgan fingerprint density at radius 2 is 1.70 bits per heavy atom. The molecule has 0 aliphatic carbocycles. The maximum absolute atomic E-state index is 12.3. The van der Waals surface area contributed by atoms with E-state index in [0.29, 0.717) is 5.92 Å². The first-order chi connectivity index (χ1) is 9.26. The highest BCUT2D eigenvalue weighted by Crippen LogP contribution is 2.20. The maximum atomic E-state index is 12.3. The van der Waals surface area contributed by atoms with Crippen LogP contribution in [0.5, 0.6) is 0 Å². The molecule has 2 nitrogen and oxygen atoms in total. The van der Waals surface area contributed by atoms with Crippen LogP contribution in [0.1, 0.15) is 65.1 Å². The van der Waals surface area contributed by atoms with Crippen molar-refractivity contribution in [3.8, 4) is 0 Å². The van der Waals surface area contributed by atoms with Gasteiger partial charge in [-0.15, -0.1) is 0 Å². The van der Waals surface area contributed by atoms with Crippen LogP contribution in [0.25, 0.3) is 0 Å². The minimum Gasteiger partial charge on any atom is -0.242 e. The highest BCUT2D eigenvalue weighted by atomic mass is 32.2. The molecule has 1 unspecified atom stereocenters. The third-order valence-corrected chi connectivity index (χ3v) is 5.62.